The van der Waals surface area contributed by atoms with Gasteiger partial charge in [-0.2, -0.15) is 0 Å². The average molecular weight is 246 g/mol. The minimum absolute atomic E-state index is 0.595. The minimum atomic E-state index is 0.595. The van der Waals surface area contributed by atoms with Gasteiger partial charge < -0.3 is 5.32 Å². The summed E-state index contributed by atoms with van der Waals surface area (Å²) < 4.78 is 0. The Hall–Kier alpha value is -0.860. The molecule has 100 valence electrons. The van der Waals surface area contributed by atoms with E-state index in [4.69, 9.17) is 0 Å². The second-order valence-corrected chi connectivity index (χ2v) is 5.91. The molecule has 0 bridgehead atoms. The summed E-state index contributed by atoms with van der Waals surface area (Å²) in [5, 5.41) is 3.69. The van der Waals surface area contributed by atoms with Gasteiger partial charge in [0.15, 0.2) is 0 Å². The van der Waals surface area contributed by atoms with Gasteiger partial charge in [-0.1, -0.05) is 51.1 Å². The lowest BCUT2D eigenvalue weighted by Crippen LogP contribution is -2.49. The Labute approximate surface area is 111 Å². The highest BCUT2D eigenvalue weighted by atomic mass is 15.1. The highest BCUT2D eigenvalue weighted by molar-refractivity contribution is 5.14. The Morgan fingerprint density at radius 3 is 2.61 bits per heavy atom. The van der Waals surface area contributed by atoms with E-state index < -0.39 is 0 Å². The van der Waals surface area contributed by atoms with Gasteiger partial charge in [0, 0.05) is 25.2 Å². The lowest BCUT2D eigenvalue weighted by Gasteiger charge is -2.38. The second kappa shape index (κ2) is 6.35. The summed E-state index contributed by atoms with van der Waals surface area (Å²) in [5.41, 5.74) is 1.43. The Morgan fingerprint density at radius 2 is 2.00 bits per heavy atom. The minimum Gasteiger partial charge on any atom is -0.311 e. The molecule has 1 saturated heterocycles. The average Bonchev–Trinajstić information content (AvgIpc) is 2.33. The summed E-state index contributed by atoms with van der Waals surface area (Å²) in [7, 11) is 0. The Bertz CT molecular complexity index is 347. The second-order valence-electron chi connectivity index (χ2n) is 5.91. The topological polar surface area (TPSA) is 15.3 Å². The highest BCUT2D eigenvalue weighted by Gasteiger charge is 2.25. The third-order valence-corrected chi connectivity index (χ3v) is 3.79. The molecule has 1 aliphatic heterocycles. The smallest absolute Gasteiger partial charge is 0.0233 e. The number of nitrogens with one attached hydrogen (secondary N) is 1. The molecule has 1 aromatic carbocycles. The zero-order valence-electron chi connectivity index (χ0n) is 11.9. The maximum absolute atomic E-state index is 3.69. The van der Waals surface area contributed by atoms with Crippen LogP contribution in [-0.4, -0.2) is 30.1 Å². The van der Waals surface area contributed by atoms with Crippen LogP contribution in [-0.2, 0) is 6.54 Å². The molecule has 1 aliphatic rings. The zero-order chi connectivity index (χ0) is 13.0. The van der Waals surface area contributed by atoms with Crippen molar-refractivity contribution in [3.8, 4) is 0 Å². The van der Waals surface area contributed by atoms with Crippen molar-refractivity contribution in [2.45, 2.75) is 45.8 Å². The van der Waals surface area contributed by atoms with Crippen LogP contribution in [0.5, 0.6) is 0 Å². The molecule has 0 radical (unpaired) electrons. The van der Waals surface area contributed by atoms with Crippen LogP contribution < -0.4 is 5.32 Å². The van der Waals surface area contributed by atoms with E-state index in [1.807, 2.05) is 0 Å². The van der Waals surface area contributed by atoms with E-state index in [1.54, 1.807) is 0 Å². The molecule has 1 fully saturated rings. The predicted octanol–water partition coefficient (Wildman–Crippen LogP) is 2.90. The summed E-state index contributed by atoms with van der Waals surface area (Å²) in [4.78, 5) is 2.58. The van der Waals surface area contributed by atoms with E-state index in [0.717, 1.165) is 12.5 Å². The van der Waals surface area contributed by atoms with Crippen LogP contribution in [0.25, 0.3) is 0 Å². The fourth-order valence-electron chi connectivity index (χ4n) is 2.89. The number of nitrogens with zero attached hydrogens (tertiary/aromatic N) is 1. The van der Waals surface area contributed by atoms with E-state index in [9.17, 15) is 0 Å². The molecule has 1 heterocycles. The maximum Gasteiger partial charge on any atom is 0.0233 e. The van der Waals surface area contributed by atoms with Crippen LogP contribution in [0.2, 0.25) is 0 Å². The number of hydrogen-bond donors (Lipinski definition) is 1. The van der Waals surface area contributed by atoms with Crippen LogP contribution in [0.4, 0.5) is 0 Å². The van der Waals surface area contributed by atoms with Crippen LogP contribution in [0.15, 0.2) is 30.3 Å². The molecular formula is C16H26N2. The normalized spacial score (nSPS) is 25.6. The third-order valence-electron chi connectivity index (χ3n) is 3.79. The first-order valence-electron chi connectivity index (χ1n) is 7.17. The van der Waals surface area contributed by atoms with Gasteiger partial charge in [0.05, 0.1) is 0 Å². The molecular weight excluding hydrogens is 220 g/mol. The van der Waals surface area contributed by atoms with E-state index in [1.165, 1.54) is 25.1 Å². The first kappa shape index (κ1) is 13.6. The van der Waals surface area contributed by atoms with Gasteiger partial charge in [0.2, 0.25) is 0 Å². The van der Waals surface area contributed by atoms with Crippen LogP contribution in [0.3, 0.4) is 0 Å². The Kier molecular flexibility index (Phi) is 4.79. The number of rotatable bonds is 4. The van der Waals surface area contributed by atoms with Crippen molar-refractivity contribution in [3.05, 3.63) is 35.9 Å². The van der Waals surface area contributed by atoms with Gasteiger partial charge in [-0.25, -0.2) is 0 Å². The number of piperidine rings is 1. The lowest BCUT2D eigenvalue weighted by atomic mass is 9.93. The van der Waals surface area contributed by atoms with Crippen LogP contribution in [0.1, 0.15) is 32.8 Å². The van der Waals surface area contributed by atoms with E-state index in [-0.39, 0.29) is 0 Å². The fourth-order valence-corrected chi connectivity index (χ4v) is 2.89. The van der Waals surface area contributed by atoms with Gasteiger partial charge in [0.1, 0.15) is 0 Å². The van der Waals surface area contributed by atoms with Gasteiger partial charge >= 0.3 is 0 Å². The molecule has 2 unspecified atom stereocenters. The monoisotopic (exact) mass is 246 g/mol. The van der Waals surface area contributed by atoms with Crippen molar-refractivity contribution in [1.82, 2.24) is 10.2 Å². The maximum atomic E-state index is 3.69. The molecule has 0 aromatic heterocycles. The molecule has 0 amide bonds. The predicted molar refractivity (Wildman–Crippen MR) is 77.6 cm³/mol. The first-order valence-corrected chi connectivity index (χ1v) is 7.17. The summed E-state index contributed by atoms with van der Waals surface area (Å²) in [6.07, 6.45) is 1.27. The SMILES string of the molecule is CC(C)NC1CCN(Cc2ccccc2)CC1C. The van der Waals surface area contributed by atoms with Crippen molar-refractivity contribution in [2.75, 3.05) is 13.1 Å². The van der Waals surface area contributed by atoms with Crippen molar-refractivity contribution in [3.63, 3.8) is 0 Å². The largest absolute Gasteiger partial charge is 0.311 e. The van der Waals surface area contributed by atoms with Crippen molar-refractivity contribution in [1.29, 1.82) is 0 Å². The van der Waals surface area contributed by atoms with Gasteiger partial charge in [-0.05, 0) is 24.4 Å². The quantitative estimate of drug-likeness (QED) is 0.879. The van der Waals surface area contributed by atoms with Gasteiger partial charge in [-0.3, -0.25) is 4.90 Å². The summed E-state index contributed by atoms with van der Waals surface area (Å²) >= 11 is 0. The van der Waals surface area contributed by atoms with E-state index in [2.05, 4.69) is 61.3 Å². The Balaban J connectivity index is 1.85. The summed E-state index contributed by atoms with van der Waals surface area (Å²) in [6.45, 7) is 10.4. The molecule has 1 aromatic rings. The molecule has 1 N–H and O–H groups in total. The van der Waals surface area contributed by atoms with Gasteiger partial charge in [-0.15, -0.1) is 0 Å². The van der Waals surface area contributed by atoms with Crippen molar-refractivity contribution < 1.29 is 0 Å². The highest BCUT2D eigenvalue weighted by Crippen LogP contribution is 2.19. The summed E-state index contributed by atoms with van der Waals surface area (Å²) in [6, 6.07) is 12.1. The van der Waals surface area contributed by atoms with E-state index in [0.29, 0.717) is 12.1 Å². The number of hydrogen-bond acceptors (Lipinski definition) is 2. The molecule has 18 heavy (non-hydrogen) atoms. The van der Waals surface area contributed by atoms with Crippen molar-refractivity contribution >= 4 is 0 Å². The summed E-state index contributed by atoms with van der Waals surface area (Å²) in [5.74, 6) is 0.741. The van der Waals surface area contributed by atoms with E-state index >= 15 is 0 Å². The fraction of sp³-hybridized carbons (Fsp3) is 0.625. The molecule has 0 aliphatic carbocycles. The number of benzene rings is 1. The molecule has 0 spiro atoms. The molecule has 2 heteroatoms. The third kappa shape index (κ3) is 3.82. The molecule has 2 atom stereocenters. The standard InChI is InChI=1S/C16H26N2/c1-13(2)17-16-9-10-18(11-14(16)3)12-15-7-5-4-6-8-15/h4-8,13-14,16-17H,9-12H2,1-3H3. The van der Waals surface area contributed by atoms with Crippen LogP contribution >= 0.6 is 0 Å². The first-order chi connectivity index (χ1) is 8.65. The van der Waals surface area contributed by atoms with Gasteiger partial charge in [0.25, 0.3) is 0 Å². The number of likely N-dealkylation sites (tertiary alicyclic amines) is 1. The molecule has 2 rings (SSSR count). The zero-order valence-corrected chi connectivity index (χ0v) is 11.9. The molecule has 0 saturated carbocycles. The molecule has 2 nitrogen and oxygen atoms in total. The van der Waals surface area contributed by atoms with Crippen molar-refractivity contribution in [2.24, 2.45) is 5.92 Å². The van der Waals surface area contributed by atoms with Crippen LogP contribution in [0, 0.1) is 5.92 Å². The Morgan fingerprint density at radius 1 is 1.28 bits per heavy atom. The lowest BCUT2D eigenvalue weighted by molar-refractivity contribution is 0.137.